The van der Waals surface area contributed by atoms with Crippen LogP contribution in [-0.2, 0) is 27.5 Å². The number of carboxylic acid groups (broad SMARTS) is 1. The molecule has 1 aliphatic heterocycles. The van der Waals surface area contributed by atoms with Gasteiger partial charge in [0.15, 0.2) is 11.5 Å². The first-order chi connectivity index (χ1) is 9.11. The molecule has 1 atom stereocenters. The van der Waals surface area contributed by atoms with Crippen LogP contribution in [0.15, 0.2) is 11.5 Å². The molecule has 1 aromatic rings. The zero-order valence-corrected chi connectivity index (χ0v) is 10.2. The first-order valence-electron chi connectivity index (χ1n) is 5.72. The highest BCUT2D eigenvalue weighted by atomic mass is 16.6. The number of carbonyl (C=O) groups excluding carboxylic acids is 1. The van der Waals surface area contributed by atoms with Crippen molar-refractivity contribution in [1.82, 2.24) is 20.1 Å². The minimum Gasteiger partial charge on any atom is -0.477 e. The fourth-order valence-corrected chi connectivity index (χ4v) is 1.60. The third kappa shape index (κ3) is 2.87. The van der Waals surface area contributed by atoms with Gasteiger partial charge in [0, 0.05) is 13.0 Å². The van der Waals surface area contributed by atoms with Crippen LogP contribution in [0, 0.1) is 0 Å². The van der Waals surface area contributed by atoms with E-state index < -0.39 is 18.0 Å². The number of nitrogens with zero attached hydrogens (tertiary/aromatic N) is 4. The molecule has 0 saturated carbocycles. The second-order valence-corrected chi connectivity index (χ2v) is 3.89. The van der Waals surface area contributed by atoms with Crippen molar-refractivity contribution < 1.29 is 19.5 Å². The number of aliphatic carboxylic acids is 1. The number of hydrogen-bond donors (Lipinski definition) is 2. The van der Waals surface area contributed by atoms with E-state index in [1.165, 1.54) is 0 Å². The van der Waals surface area contributed by atoms with Gasteiger partial charge in [-0.25, -0.2) is 4.79 Å². The van der Waals surface area contributed by atoms with Crippen LogP contribution in [0.3, 0.4) is 0 Å². The Morgan fingerprint density at radius 2 is 2.42 bits per heavy atom. The van der Waals surface area contributed by atoms with Crippen LogP contribution in [0.1, 0.15) is 19.2 Å². The molecular weight excluding hydrogens is 254 g/mol. The molecule has 0 spiro atoms. The van der Waals surface area contributed by atoms with Gasteiger partial charge in [0.05, 0.1) is 6.54 Å². The second kappa shape index (κ2) is 5.46. The van der Waals surface area contributed by atoms with E-state index in [4.69, 9.17) is 9.94 Å². The monoisotopic (exact) mass is 267 g/mol. The van der Waals surface area contributed by atoms with E-state index in [9.17, 15) is 9.59 Å². The Morgan fingerprint density at radius 1 is 1.63 bits per heavy atom. The molecule has 0 bridgehead atoms. The normalized spacial score (nSPS) is 17.7. The molecule has 9 nitrogen and oxygen atoms in total. The Kier molecular flexibility index (Phi) is 3.74. The average Bonchev–Trinajstić information content (AvgIpc) is 3.04. The van der Waals surface area contributed by atoms with Gasteiger partial charge >= 0.3 is 5.97 Å². The van der Waals surface area contributed by atoms with Crippen molar-refractivity contribution in [2.24, 2.45) is 5.16 Å². The van der Waals surface area contributed by atoms with E-state index in [-0.39, 0.29) is 18.7 Å². The third-order valence-electron chi connectivity index (χ3n) is 2.67. The molecule has 102 valence electrons. The maximum absolute atomic E-state index is 11.7. The Hall–Kier alpha value is -2.45. The Morgan fingerprint density at radius 3 is 3.05 bits per heavy atom. The Balaban J connectivity index is 1.85. The zero-order valence-electron chi connectivity index (χ0n) is 10.2. The quantitative estimate of drug-likeness (QED) is 0.716. The summed E-state index contributed by atoms with van der Waals surface area (Å²) in [5, 5.41) is 22.2. The maximum atomic E-state index is 11.7. The van der Waals surface area contributed by atoms with Crippen molar-refractivity contribution in [3.8, 4) is 0 Å². The number of aryl methyl sites for hydroxylation is 1. The van der Waals surface area contributed by atoms with Crippen molar-refractivity contribution in [3.63, 3.8) is 0 Å². The van der Waals surface area contributed by atoms with Crippen molar-refractivity contribution in [1.29, 1.82) is 0 Å². The molecule has 0 radical (unpaired) electrons. The van der Waals surface area contributed by atoms with Gasteiger partial charge < -0.3 is 19.8 Å². The predicted octanol–water partition coefficient (Wildman–Crippen LogP) is -0.856. The van der Waals surface area contributed by atoms with E-state index in [1.807, 2.05) is 6.92 Å². The maximum Gasteiger partial charge on any atom is 0.353 e. The van der Waals surface area contributed by atoms with Gasteiger partial charge in [-0.05, 0) is 6.92 Å². The standard InChI is InChI=1S/C10H13N5O4/c1-2-15-5-12-13-8(15)4-11-9(16)7-3-6(10(17)18)14-19-7/h5,7H,2-4H2,1H3,(H,11,16)(H,17,18). The number of rotatable bonds is 5. The smallest absolute Gasteiger partial charge is 0.353 e. The minimum atomic E-state index is -1.18. The summed E-state index contributed by atoms with van der Waals surface area (Å²) in [4.78, 5) is 27.1. The molecule has 2 rings (SSSR count). The van der Waals surface area contributed by atoms with Crippen LogP contribution in [0.4, 0.5) is 0 Å². The summed E-state index contributed by atoms with van der Waals surface area (Å²) in [6.45, 7) is 2.83. The molecule has 9 heteroatoms. The highest BCUT2D eigenvalue weighted by Gasteiger charge is 2.31. The number of nitrogens with one attached hydrogen (secondary N) is 1. The van der Waals surface area contributed by atoms with Crippen LogP contribution in [0.25, 0.3) is 0 Å². The molecule has 0 aromatic carbocycles. The van der Waals surface area contributed by atoms with Gasteiger partial charge in [-0.15, -0.1) is 10.2 Å². The molecule has 1 unspecified atom stereocenters. The summed E-state index contributed by atoms with van der Waals surface area (Å²) in [6, 6.07) is 0. The summed E-state index contributed by atoms with van der Waals surface area (Å²) in [5.74, 6) is -0.986. The predicted molar refractivity (Wildman–Crippen MR) is 62.1 cm³/mol. The number of hydrogen-bond acceptors (Lipinski definition) is 6. The van der Waals surface area contributed by atoms with Gasteiger partial charge in [-0.1, -0.05) is 5.16 Å². The molecule has 0 fully saturated rings. The van der Waals surface area contributed by atoms with Crippen molar-refractivity contribution in [2.45, 2.75) is 32.5 Å². The zero-order chi connectivity index (χ0) is 13.8. The van der Waals surface area contributed by atoms with Crippen molar-refractivity contribution >= 4 is 17.6 Å². The van der Waals surface area contributed by atoms with E-state index in [0.717, 1.165) is 0 Å². The lowest BCUT2D eigenvalue weighted by Crippen LogP contribution is -2.35. The number of oxime groups is 1. The molecular formula is C10H13N5O4. The largest absolute Gasteiger partial charge is 0.477 e. The van der Waals surface area contributed by atoms with Gasteiger partial charge in [-0.3, -0.25) is 4.79 Å². The summed E-state index contributed by atoms with van der Waals surface area (Å²) in [7, 11) is 0. The molecule has 0 saturated heterocycles. The lowest BCUT2D eigenvalue weighted by Gasteiger charge is -2.09. The van der Waals surface area contributed by atoms with Crippen LogP contribution >= 0.6 is 0 Å². The molecule has 1 aliphatic rings. The Bertz CT molecular complexity index is 524. The summed E-state index contributed by atoms with van der Waals surface area (Å²) in [6.07, 6.45) is 0.630. The molecule has 2 heterocycles. The van der Waals surface area contributed by atoms with E-state index in [0.29, 0.717) is 12.4 Å². The molecule has 1 amide bonds. The topological polar surface area (TPSA) is 119 Å². The number of aromatic nitrogens is 3. The van der Waals surface area contributed by atoms with E-state index >= 15 is 0 Å². The van der Waals surface area contributed by atoms with Gasteiger partial charge in [0.1, 0.15) is 6.33 Å². The number of amides is 1. The molecule has 1 aromatic heterocycles. The molecule has 0 aliphatic carbocycles. The van der Waals surface area contributed by atoms with Gasteiger partial charge in [0.2, 0.25) is 6.10 Å². The number of carboxylic acids is 1. The summed E-state index contributed by atoms with van der Waals surface area (Å²) >= 11 is 0. The Labute approximate surface area is 108 Å². The summed E-state index contributed by atoms with van der Waals surface area (Å²) in [5.41, 5.74) is -0.156. The van der Waals surface area contributed by atoms with E-state index in [2.05, 4.69) is 20.7 Å². The van der Waals surface area contributed by atoms with Gasteiger partial charge in [-0.2, -0.15) is 0 Å². The average molecular weight is 267 g/mol. The molecule has 19 heavy (non-hydrogen) atoms. The molecule has 2 N–H and O–H groups in total. The lowest BCUT2D eigenvalue weighted by atomic mass is 10.2. The summed E-state index contributed by atoms with van der Waals surface area (Å²) < 4.78 is 1.79. The second-order valence-electron chi connectivity index (χ2n) is 3.89. The minimum absolute atomic E-state index is 0.0400. The van der Waals surface area contributed by atoms with Crippen LogP contribution in [0.2, 0.25) is 0 Å². The van der Waals surface area contributed by atoms with Crippen LogP contribution in [0.5, 0.6) is 0 Å². The highest BCUT2D eigenvalue weighted by molar-refractivity contribution is 6.36. The SMILES string of the molecule is CCn1cnnc1CNC(=O)C1CC(C(=O)O)=NO1. The van der Waals surface area contributed by atoms with Crippen LogP contribution < -0.4 is 5.32 Å². The lowest BCUT2D eigenvalue weighted by molar-refractivity contribution is -0.131. The van der Waals surface area contributed by atoms with Crippen molar-refractivity contribution in [3.05, 3.63) is 12.2 Å². The fraction of sp³-hybridized carbons (Fsp3) is 0.500. The first-order valence-corrected chi connectivity index (χ1v) is 5.72. The fourth-order valence-electron chi connectivity index (χ4n) is 1.60. The van der Waals surface area contributed by atoms with Crippen molar-refractivity contribution in [2.75, 3.05) is 0 Å². The van der Waals surface area contributed by atoms with E-state index in [1.54, 1.807) is 10.9 Å². The van der Waals surface area contributed by atoms with Crippen LogP contribution in [-0.4, -0.2) is 43.6 Å². The number of carbonyl (C=O) groups is 2. The van der Waals surface area contributed by atoms with Gasteiger partial charge in [0.25, 0.3) is 5.91 Å². The highest BCUT2D eigenvalue weighted by Crippen LogP contribution is 2.11. The first kappa shape index (κ1) is 13.0. The third-order valence-corrected chi connectivity index (χ3v) is 2.67.